The van der Waals surface area contributed by atoms with E-state index in [9.17, 15) is 5.26 Å². The number of hydrogen-bond donors (Lipinski definition) is 0. The van der Waals surface area contributed by atoms with Crippen LogP contribution >= 0.6 is 22.6 Å². The normalized spacial score (nSPS) is 11.4. The van der Waals surface area contributed by atoms with Crippen molar-refractivity contribution in [3.8, 4) is 17.6 Å². The summed E-state index contributed by atoms with van der Waals surface area (Å²) in [6.07, 6.45) is 1.89. The SMILES string of the molecule is COc1cc(/C=C(/C#N)c2ccc3ccccc3c2)cc(I)c1OCc1cccc2ccccc12. The quantitative estimate of drug-likeness (QED) is 0.118. The fourth-order valence-corrected chi connectivity index (χ4v) is 5.02. The molecule has 0 aromatic heterocycles. The average Bonchev–Trinajstić information content (AvgIpc) is 2.90. The first-order valence-corrected chi connectivity index (χ1v) is 12.3. The molecule has 0 amide bonds. The number of rotatable bonds is 6. The summed E-state index contributed by atoms with van der Waals surface area (Å²) in [5.74, 6) is 1.33. The molecule has 4 heteroatoms. The van der Waals surface area contributed by atoms with E-state index in [1.54, 1.807) is 7.11 Å². The van der Waals surface area contributed by atoms with Crippen molar-refractivity contribution in [2.45, 2.75) is 6.61 Å². The highest BCUT2D eigenvalue weighted by molar-refractivity contribution is 14.1. The van der Waals surface area contributed by atoms with Crippen LogP contribution < -0.4 is 9.47 Å². The topological polar surface area (TPSA) is 42.2 Å². The summed E-state index contributed by atoms with van der Waals surface area (Å²) in [6.45, 7) is 0.434. The van der Waals surface area contributed by atoms with Crippen LogP contribution in [0.2, 0.25) is 0 Å². The van der Waals surface area contributed by atoms with Crippen LogP contribution in [-0.4, -0.2) is 7.11 Å². The largest absolute Gasteiger partial charge is 0.493 e. The first kappa shape index (κ1) is 22.9. The van der Waals surface area contributed by atoms with Gasteiger partial charge in [-0.1, -0.05) is 78.9 Å². The molecule has 0 atom stereocenters. The van der Waals surface area contributed by atoms with E-state index in [1.165, 1.54) is 10.8 Å². The molecule has 35 heavy (non-hydrogen) atoms. The third kappa shape index (κ3) is 4.87. The maximum Gasteiger partial charge on any atom is 0.174 e. The van der Waals surface area contributed by atoms with Gasteiger partial charge in [0, 0.05) is 0 Å². The molecule has 0 radical (unpaired) electrons. The summed E-state index contributed by atoms with van der Waals surface area (Å²) in [4.78, 5) is 0. The molecule has 0 saturated carbocycles. The Morgan fingerprint density at radius 3 is 2.40 bits per heavy atom. The van der Waals surface area contributed by atoms with Crippen LogP contribution in [0.3, 0.4) is 0 Å². The van der Waals surface area contributed by atoms with Gasteiger partial charge in [-0.2, -0.15) is 5.26 Å². The van der Waals surface area contributed by atoms with Crippen LogP contribution in [0.25, 0.3) is 33.2 Å². The van der Waals surface area contributed by atoms with E-state index in [0.29, 0.717) is 23.7 Å². The Balaban J connectivity index is 1.45. The minimum absolute atomic E-state index is 0.434. The van der Waals surface area contributed by atoms with Gasteiger partial charge in [-0.3, -0.25) is 0 Å². The number of hydrogen-bond acceptors (Lipinski definition) is 3. The predicted octanol–water partition coefficient (Wildman–Crippen LogP) is 8.25. The number of methoxy groups -OCH3 is 1. The Morgan fingerprint density at radius 1 is 0.857 bits per heavy atom. The van der Waals surface area contributed by atoms with Crippen LogP contribution in [0.1, 0.15) is 16.7 Å². The van der Waals surface area contributed by atoms with E-state index in [0.717, 1.165) is 31.0 Å². The standard InChI is InChI=1S/C31H22INO2/c1-34-30-17-21(15-27(19-33)25-14-13-22-7-2-3-9-24(22)18-25)16-29(32)31(30)35-20-26-11-6-10-23-8-4-5-12-28(23)26/h2-18H,20H2,1H3/b27-15-. The van der Waals surface area contributed by atoms with E-state index >= 15 is 0 Å². The number of fused-ring (bicyclic) bond motifs is 2. The molecule has 0 N–H and O–H groups in total. The van der Waals surface area contributed by atoms with Crippen molar-refractivity contribution in [3.05, 3.63) is 117 Å². The maximum atomic E-state index is 9.88. The van der Waals surface area contributed by atoms with Crippen molar-refractivity contribution < 1.29 is 9.47 Å². The zero-order chi connectivity index (χ0) is 24.2. The Hall–Kier alpha value is -3.82. The molecule has 170 valence electrons. The number of benzene rings is 5. The highest BCUT2D eigenvalue weighted by Crippen LogP contribution is 2.36. The Labute approximate surface area is 218 Å². The molecule has 0 fully saturated rings. The molecule has 0 heterocycles. The molecule has 5 aromatic rings. The van der Waals surface area contributed by atoms with Crippen LogP contribution in [-0.2, 0) is 6.61 Å². The summed E-state index contributed by atoms with van der Waals surface area (Å²) in [5, 5.41) is 14.5. The van der Waals surface area contributed by atoms with Crippen LogP contribution in [0.4, 0.5) is 0 Å². The first-order valence-electron chi connectivity index (χ1n) is 11.2. The van der Waals surface area contributed by atoms with Crippen molar-refractivity contribution >= 4 is 55.8 Å². The zero-order valence-electron chi connectivity index (χ0n) is 19.2. The summed E-state index contributed by atoms with van der Waals surface area (Å²) < 4.78 is 12.9. The summed E-state index contributed by atoms with van der Waals surface area (Å²) in [7, 11) is 1.64. The van der Waals surface area contributed by atoms with Gasteiger partial charge < -0.3 is 9.47 Å². The number of allylic oxidation sites excluding steroid dienone is 1. The number of nitriles is 1. The van der Waals surface area contributed by atoms with Gasteiger partial charge in [0.05, 0.1) is 22.3 Å². The molecule has 5 aromatic carbocycles. The van der Waals surface area contributed by atoms with Gasteiger partial charge in [-0.05, 0) is 85.1 Å². The van der Waals surface area contributed by atoms with Crippen molar-refractivity contribution in [3.63, 3.8) is 0 Å². The Morgan fingerprint density at radius 2 is 1.60 bits per heavy atom. The van der Waals surface area contributed by atoms with E-state index in [-0.39, 0.29) is 0 Å². The lowest BCUT2D eigenvalue weighted by atomic mass is 10.00. The maximum absolute atomic E-state index is 9.88. The number of nitrogens with zero attached hydrogens (tertiary/aromatic N) is 1. The minimum atomic E-state index is 0.434. The fourth-order valence-electron chi connectivity index (χ4n) is 4.24. The van der Waals surface area contributed by atoms with Crippen molar-refractivity contribution in [2.75, 3.05) is 7.11 Å². The minimum Gasteiger partial charge on any atom is -0.493 e. The van der Waals surface area contributed by atoms with E-state index in [4.69, 9.17) is 9.47 Å². The van der Waals surface area contributed by atoms with Gasteiger partial charge in [0.2, 0.25) is 0 Å². The zero-order valence-corrected chi connectivity index (χ0v) is 21.3. The molecule has 0 aliphatic carbocycles. The van der Waals surface area contributed by atoms with Gasteiger partial charge >= 0.3 is 0 Å². The van der Waals surface area contributed by atoms with Crippen molar-refractivity contribution in [1.29, 1.82) is 5.26 Å². The third-order valence-corrected chi connectivity index (χ3v) is 6.80. The molecule has 0 aliphatic rings. The van der Waals surface area contributed by atoms with Gasteiger partial charge in [0.1, 0.15) is 6.61 Å². The highest BCUT2D eigenvalue weighted by Gasteiger charge is 2.13. The van der Waals surface area contributed by atoms with E-state index in [2.05, 4.69) is 65.1 Å². The van der Waals surface area contributed by atoms with Gasteiger partial charge in [0.15, 0.2) is 11.5 Å². The lowest BCUT2D eigenvalue weighted by Crippen LogP contribution is -2.01. The molecule has 0 spiro atoms. The summed E-state index contributed by atoms with van der Waals surface area (Å²) >= 11 is 2.26. The summed E-state index contributed by atoms with van der Waals surface area (Å²) in [6, 6.07) is 35.0. The molecule has 0 aliphatic heterocycles. The fraction of sp³-hybridized carbons (Fsp3) is 0.0645. The molecular weight excluding hydrogens is 545 g/mol. The lowest BCUT2D eigenvalue weighted by Gasteiger charge is -2.15. The number of ether oxygens (including phenoxy) is 2. The van der Waals surface area contributed by atoms with Crippen LogP contribution in [0.15, 0.2) is 97.1 Å². The molecule has 0 bridgehead atoms. The molecule has 5 rings (SSSR count). The number of halogens is 1. The smallest absolute Gasteiger partial charge is 0.174 e. The lowest BCUT2D eigenvalue weighted by molar-refractivity contribution is 0.283. The van der Waals surface area contributed by atoms with E-state index in [1.807, 2.05) is 66.7 Å². The molecule has 0 unspecified atom stereocenters. The second kappa shape index (κ2) is 10.2. The van der Waals surface area contributed by atoms with Crippen LogP contribution in [0, 0.1) is 14.9 Å². The molecule has 0 saturated heterocycles. The second-order valence-electron chi connectivity index (χ2n) is 8.19. The average molecular weight is 567 g/mol. The molecule has 3 nitrogen and oxygen atoms in total. The van der Waals surface area contributed by atoms with E-state index < -0.39 is 0 Å². The van der Waals surface area contributed by atoms with Gasteiger partial charge in [0.25, 0.3) is 0 Å². The third-order valence-electron chi connectivity index (χ3n) is 6.00. The monoisotopic (exact) mass is 567 g/mol. The predicted molar refractivity (Wildman–Crippen MR) is 151 cm³/mol. The van der Waals surface area contributed by atoms with Gasteiger partial charge in [-0.15, -0.1) is 0 Å². The summed E-state index contributed by atoms with van der Waals surface area (Å²) in [5.41, 5.74) is 3.48. The van der Waals surface area contributed by atoms with Crippen LogP contribution in [0.5, 0.6) is 11.5 Å². The Bertz CT molecular complexity index is 1610. The van der Waals surface area contributed by atoms with Crippen molar-refractivity contribution in [2.24, 2.45) is 0 Å². The first-order chi connectivity index (χ1) is 17.2. The molecular formula is C31H22INO2. The Kier molecular flexibility index (Phi) is 6.69. The second-order valence-corrected chi connectivity index (χ2v) is 9.35. The van der Waals surface area contributed by atoms with Gasteiger partial charge in [-0.25, -0.2) is 0 Å². The van der Waals surface area contributed by atoms with Crippen molar-refractivity contribution in [1.82, 2.24) is 0 Å². The highest BCUT2D eigenvalue weighted by atomic mass is 127.